The number of rotatable bonds is 5. The molecule has 2 aromatic rings. The van der Waals surface area contributed by atoms with E-state index in [0.717, 1.165) is 0 Å². The summed E-state index contributed by atoms with van der Waals surface area (Å²) in [6, 6.07) is 1.15. The molecule has 0 aliphatic heterocycles. The first-order chi connectivity index (χ1) is 10.1. The topological polar surface area (TPSA) is 59.1 Å². The lowest BCUT2D eigenvalue weighted by Gasteiger charge is -2.14. The van der Waals surface area contributed by atoms with Crippen LogP contribution in [0.3, 0.4) is 0 Å². The van der Waals surface area contributed by atoms with Crippen molar-refractivity contribution in [3.63, 3.8) is 0 Å². The molecule has 1 aromatic heterocycles. The second-order valence-corrected chi connectivity index (χ2v) is 4.00. The molecule has 0 aliphatic carbocycles. The number of nitrogens with zero attached hydrogens (tertiary/aromatic N) is 2. The highest BCUT2D eigenvalue weighted by Crippen LogP contribution is 2.32. The molecule has 1 heterocycles. The Morgan fingerprint density at radius 1 is 1.10 bits per heavy atom. The quantitative estimate of drug-likeness (QED) is 0.888. The minimum absolute atomic E-state index is 0.0628. The van der Waals surface area contributed by atoms with Crippen molar-refractivity contribution in [1.29, 1.82) is 0 Å². The predicted molar refractivity (Wildman–Crippen MR) is 72.3 cm³/mol. The molecule has 21 heavy (non-hydrogen) atoms. The van der Waals surface area contributed by atoms with Gasteiger partial charge in [-0.3, -0.25) is 0 Å². The number of nitrogens with one attached hydrogen (secondary N) is 2. The van der Waals surface area contributed by atoms with Crippen molar-refractivity contribution < 1.29 is 17.9 Å². The van der Waals surface area contributed by atoms with Gasteiger partial charge in [0, 0.05) is 18.7 Å². The Hall–Kier alpha value is -2.51. The second kappa shape index (κ2) is 6.29. The van der Waals surface area contributed by atoms with Crippen LogP contribution in [0.5, 0.6) is 5.75 Å². The number of anilines is 3. The number of benzene rings is 1. The average Bonchev–Trinajstić information content (AvgIpc) is 2.43. The van der Waals surface area contributed by atoms with Crippen LogP contribution >= 0.6 is 0 Å². The van der Waals surface area contributed by atoms with Crippen molar-refractivity contribution in [3.05, 3.63) is 35.9 Å². The molecule has 0 saturated carbocycles. The van der Waals surface area contributed by atoms with Crippen LogP contribution in [-0.2, 0) is 0 Å². The zero-order valence-electron chi connectivity index (χ0n) is 11.4. The van der Waals surface area contributed by atoms with Crippen molar-refractivity contribution >= 4 is 17.3 Å². The third-order valence-corrected chi connectivity index (χ3v) is 2.60. The van der Waals surface area contributed by atoms with Gasteiger partial charge in [-0.2, -0.15) is 0 Å². The summed E-state index contributed by atoms with van der Waals surface area (Å²) in [5.41, 5.74) is -0.518. The zero-order chi connectivity index (χ0) is 15.4. The largest absolute Gasteiger partial charge is 0.490 e. The molecule has 0 aliphatic rings. The van der Waals surface area contributed by atoms with Crippen molar-refractivity contribution in [2.24, 2.45) is 0 Å². The summed E-state index contributed by atoms with van der Waals surface area (Å²) in [6.07, 6.45) is 1.21. The predicted octanol–water partition coefficient (Wildman–Crippen LogP) is 3.08. The summed E-state index contributed by atoms with van der Waals surface area (Å²) in [7, 11) is 1.38. The summed E-state index contributed by atoms with van der Waals surface area (Å²) in [4.78, 5) is 7.84. The van der Waals surface area contributed by atoms with E-state index in [0.29, 0.717) is 24.5 Å². The minimum atomic E-state index is -1.07. The number of aromatic nitrogens is 2. The fraction of sp³-hybridized carbons (Fsp3) is 0.231. The Bertz CT molecular complexity index is 628. The lowest BCUT2D eigenvalue weighted by molar-refractivity contribution is 0.415. The van der Waals surface area contributed by atoms with E-state index in [9.17, 15) is 13.2 Å². The van der Waals surface area contributed by atoms with Crippen LogP contribution < -0.4 is 15.4 Å². The highest BCUT2D eigenvalue weighted by atomic mass is 19.1. The highest BCUT2D eigenvalue weighted by molar-refractivity contribution is 5.69. The van der Waals surface area contributed by atoms with Crippen LogP contribution in [0.1, 0.15) is 6.92 Å². The summed E-state index contributed by atoms with van der Waals surface area (Å²) < 4.78 is 45.3. The van der Waals surface area contributed by atoms with Gasteiger partial charge in [-0.25, -0.2) is 23.1 Å². The molecule has 0 bridgehead atoms. The van der Waals surface area contributed by atoms with Crippen molar-refractivity contribution in [2.45, 2.75) is 6.92 Å². The van der Waals surface area contributed by atoms with Gasteiger partial charge in [0.1, 0.15) is 17.8 Å². The minimum Gasteiger partial charge on any atom is -0.490 e. The Kier molecular flexibility index (Phi) is 4.46. The van der Waals surface area contributed by atoms with Gasteiger partial charge in [0.05, 0.1) is 7.11 Å². The van der Waals surface area contributed by atoms with Crippen LogP contribution in [0.15, 0.2) is 18.5 Å². The van der Waals surface area contributed by atoms with E-state index < -0.39 is 23.1 Å². The summed E-state index contributed by atoms with van der Waals surface area (Å²) >= 11 is 0. The molecule has 0 saturated heterocycles. The first-order valence-corrected chi connectivity index (χ1v) is 6.11. The molecule has 2 rings (SSSR count). The van der Waals surface area contributed by atoms with Crippen molar-refractivity contribution in [2.75, 3.05) is 24.3 Å². The first-order valence-electron chi connectivity index (χ1n) is 6.11. The van der Waals surface area contributed by atoms with E-state index in [1.165, 1.54) is 13.4 Å². The molecule has 5 nitrogen and oxygen atoms in total. The average molecular weight is 298 g/mol. The van der Waals surface area contributed by atoms with Gasteiger partial charge < -0.3 is 15.4 Å². The smallest absolute Gasteiger partial charge is 0.204 e. The van der Waals surface area contributed by atoms with E-state index in [1.807, 2.05) is 6.92 Å². The number of hydrogen-bond donors (Lipinski definition) is 2. The molecular weight excluding hydrogens is 285 g/mol. The molecule has 0 amide bonds. The summed E-state index contributed by atoms with van der Waals surface area (Å²) in [5, 5.41) is 5.38. The number of ether oxygens (including phenoxy) is 1. The van der Waals surface area contributed by atoms with Crippen molar-refractivity contribution in [1.82, 2.24) is 9.97 Å². The molecule has 112 valence electrons. The van der Waals surface area contributed by atoms with Crippen molar-refractivity contribution in [3.8, 4) is 5.75 Å². The summed E-state index contributed by atoms with van der Waals surface area (Å²) in [5.74, 6) is -2.51. The van der Waals surface area contributed by atoms with Crippen LogP contribution in [0.2, 0.25) is 0 Å². The SMILES string of the molecule is CCNc1ncnc(Nc2c(F)cc(F)cc2F)c1OC. The molecule has 1 aromatic carbocycles. The lowest BCUT2D eigenvalue weighted by atomic mass is 10.2. The Labute approximate surface area is 119 Å². The summed E-state index contributed by atoms with van der Waals surface area (Å²) in [6.45, 7) is 2.43. The Balaban J connectivity index is 2.42. The van der Waals surface area contributed by atoms with Gasteiger partial charge in [-0.15, -0.1) is 0 Å². The molecule has 8 heteroatoms. The third-order valence-electron chi connectivity index (χ3n) is 2.60. The van der Waals surface area contributed by atoms with Gasteiger partial charge in [0.2, 0.25) is 5.75 Å². The van der Waals surface area contributed by atoms with Crippen LogP contribution in [0.25, 0.3) is 0 Å². The second-order valence-electron chi connectivity index (χ2n) is 4.00. The molecule has 0 spiro atoms. The molecular formula is C13H13F3N4O. The maximum atomic E-state index is 13.6. The number of hydrogen-bond acceptors (Lipinski definition) is 5. The fourth-order valence-electron chi connectivity index (χ4n) is 1.73. The van der Waals surface area contributed by atoms with Crippen LogP contribution in [0, 0.1) is 17.5 Å². The normalized spacial score (nSPS) is 10.3. The van der Waals surface area contributed by atoms with E-state index in [1.54, 1.807) is 0 Å². The first kappa shape index (κ1) is 14.9. The Morgan fingerprint density at radius 3 is 2.29 bits per heavy atom. The molecule has 2 N–H and O–H groups in total. The monoisotopic (exact) mass is 298 g/mol. The van der Waals surface area contributed by atoms with E-state index in [2.05, 4.69) is 20.6 Å². The van der Waals surface area contributed by atoms with E-state index in [4.69, 9.17) is 4.74 Å². The van der Waals surface area contributed by atoms with Gasteiger partial charge >= 0.3 is 0 Å². The number of methoxy groups -OCH3 is 1. The third kappa shape index (κ3) is 3.15. The molecule has 0 fully saturated rings. The van der Waals surface area contributed by atoms with E-state index in [-0.39, 0.29) is 11.6 Å². The lowest BCUT2D eigenvalue weighted by Crippen LogP contribution is -2.07. The maximum absolute atomic E-state index is 13.6. The van der Waals surface area contributed by atoms with Gasteiger partial charge in [-0.05, 0) is 6.92 Å². The molecule has 0 atom stereocenters. The number of halogens is 3. The van der Waals surface area contributed by atoms with Crippen LogP contribution in [-0.4, -0.2) is 23.6 Å². The van der Waals surface area contributed by atoms with E-state index >= 15 is 0 Å². The fourth-order valence-corrected chi connectivity index (χ4v) is 1.73. The van der Waals surface area contributed by atoms with Crippen LogP contribution in [0.4, 0.5) is 30.5 Å². The highest BCUT2D eigenvalue weighted by Gasteiger charge is 2.17. The maximum Gasteiger partial charge on any atom is 0.204 e. The standard InChI is InChI=1S/C13H13F3N4O/c1-3-17-12-11(21-2)13(19-6-18-12)20-10-8(15)4-7(14)5-9(10)16/h4-6H,3H2,1-2H3,(H2,17,18,19,20). The van der Waals surface area contributed by atoms with Gasteiger partial charge in [0.25, 0.3) is 0 Å². The zero-order valence-corrected chi connectivity index (χ0v) is 11.4. The molecule has 0 unspecified atom stereocenters. The molecule has 0 radical (unpaired) electrons. The Morgan fingerprint density at radius 2 is 1.71 bits per heavy atom. The van der Waals surface area contributed by atoms with Gasteiger partial charge in [-0.1, -0.05) is 0 Å². The van der Waals surface area contributed by atoms with Gasteiger partial charge in [0.15, 0.2) is 23.3 Å².